The number of para-hydroxylation sites is 1. The van der Waals surface area contributed by atoms with Gasteiger partial charge in [-0.25, -0.2) is 22.2 Å². The number of rotatable bonds is 7. The smallest absolute Gasteiger partial charge is 0.291 e. The molecular weight excluding hydrogens is 432 g/mol. The van der Waals surface area contributed by atoms with Gasteiger partial charge in [0.1, 0.15) is 10.6 Å². The van der Waals surface area contributed by atoms with E-state index in [2.05, 4.69) is 4.99 Å². The van der Waals surface area contributed by atoms with Gasteiger partial charge in [-0.3, -0.25) is 4.79 Å². The van der Waals surface area contributed by atoms with Crippen LogP contribution >= 0.6 is 11.3 Å². The van der Waals surface area contributed by atoms with Gasteiger partial charge in [0.25, 0.3) is 11.8 Å². The third kappa shape index (κ3) is 5.60. The number of hydrogen-bond donors (Lipinski definition) is 0. The highest BCUT2D eigenvalue weighted by Gasteiger charge is 2.35. The molecule has 0 aliphatic heterocycles. The average Bonchev–Trinajstić information content (AvgIpc) is 3.43. The summed E-state index contributed by atoms with van der Waals surface area (Å²) >= 11 is 0.644. The van der Waals surface area contributed by atoms with E-state index < -0.39 is 21.7 Å². The third-order valence-corrected chi connectivity index (χ3v) is 6.42. The molecule has 0 spiro atoms. The second-order valence-electron chi connectivity index (χ2n) is 7.27. The first-order chi connectivity index (χ1) is 14.0. The van der Waals surface area contributed by atoms with Crippen LogP contribution in [0.5, 0.6) is 11.5 Å². The molecule has 0 N–H and O–H groups in total. The lowest BCUT2D eigenvalue weighted by Gasteiger charge is -2.10. The Balaban J connectivity index is 2.04. The van der Waals surface area contributed by atoms with Crippen LogP contribution in [0.1, 0.15) is 39.9 Å². The molecule has 1 heterocycles. The molecule has 1 saturated carbocycles. The molecule has 0 saturated heterocycles. The number of halogens is 2. The van der Waals surface area contributed by atoms with Crippen LogP contribution in [0, 0.1) is 12.8 Å². The number of nitrogens with zero attached hydrogens (tertiary/aromatic N) is 1. The number of hydrogen-bond acceptors (Lipinski definition) is 5. The fraction of sp³-hybridized carbons (Fsp3) is 0.333. The van der Waals surface area contributed by atoms with E-state index in [4.69, 9.17) is 4.74 Å². The second-order valence-corrected chi connectivity index (χ2v) is 10.2. The predicted molar refractivity (Wildman–Crippen MR) is 114 cm³/mol. The fourth-order valence-electron chi connectivity index (χ4n) is 2.79. The highest BCUT2D eigenvalue weighted by molar-refractivity contribution is 7.93. The Morgan fingerprint density at radius 1 is 1.27 bits per heavy atom. The summed E-state index contributed by atoms with van der Waals surface area (Å²) in [5, 5.41) is 0.990. The van der Waals surface area contributed by atoms with Gasteiger partial charge in [0.2, 0.25) is 0 Å². The molecule has 1 aliphatic carbocycles. The van der Waals surface area contributed by atoms with Crippen molar-refractivity contribution in [3.05, 3.63) is 57.1 Å². The van der Waals surface area contributed by atoms with Gasteiger partial charge in [-0.1, -0.05) is 18.2 Å². The molecule has 1 aromatic heterocycles. The maximum absolute atomic E-state index is 14.1. The van der Waals surface area contributed by atoms with Crippen molar-refractivity contribution in [3.8, 4) is 11.5 Å². The Morgan fingerprint density at radius 2 is 1.90 bits per heavy atom. The number of benzene rings is 1. The molecule has 2 aromatic rings. The molecule has 0 radical (unpaired) electrons. The van der Waals surface area contributed by atoms with Gasteiger partial charge in [-0.05, 0) is 38.0 Å². The lowest BCUT2D eigenvalue weighted by Crippen LogP contribution is -2.05. The van der Waals surface area contributed by atoms with Crippen molar-refractivity contribution in [2.75, 3.05) is 6.26 Å². The SMILES string of the molecule is Cc1c(C(C)(F)F)sc(C(=O)N=C(/C=C/S(C)(=O)=O)C2CC2)c1Oc1ccccc1. The van der Waals surface area contributed by atoms with Crippen molar-refractivity contribution < 1.29 is 26.7 Å². The van der Waals surface area contributed by atoms with Crippen molar-refractivity contribution >= 4 is 32.8 Å². The molecule has 30 heavy (non-hydrogen) atoms. The minimum atomic E-state index is -3.39. The van der Waals surface area contributed by atoms with E-state index in [0.717, 1.165) is 31.4 Å². The van der Waals surface area contributed by atoms with Crippen LogP contribution in [0.15, 0.2) is 46.8 Å². The molecule has 1 aliphatic rings. The summed E-state index contributed by atoms with van der Waals surface area (Å²) in [6.45, 7) is 2.24. The van der Waals surface area contributed by atoms with Gasteiger partial charge in [-0.2, -0.15) is 0 Å². The number of aliphatic imine (C=N–C) groups is 1. The summed E-state index contributed by atoms with van der Waals surface area (Å²) in [6, 6.07) is 8.55. The Morgan fingerprint density at radius 3 is 2.43 bits per heavy atom. The lowest BCUT2D eigenvalue weighted by atomic mass is 10.1. The van der Waals surface area contributed by atoms with Crippen LogP contribution in [0.3, 0.4) is 0 Å². The summed E-state index contributed by atoms with van der Waals surface area (Å²) in [7, 11) is -3.39. The first kappa shape index (κ1) is 22.3. The van der Waals surface area contributed by atoms with Crippen LogP contribution in [-0.4, -0.2) is 26.3 Å². The molecule has 0 atom stereocenters. The van der Waals surface area contributed by atoms with E-state index in [0.29, 0.717) is 22.8 Å². The van der Waals surface area contributed by atoms with Gasteiger partial charge in [0.05, 0.1) is 4.88 Å². The molecule has 5 nitrogen and oxygen atoms in total. The fourth-order valence-corrected chi connectivity index (χ4v) is 4.23. The number of amides is 1. The van der Waals surface area contributed by atoms with E-state index in [1.807, 2.05) is 0 Å². The monoisotopic (exact) mass is 453 g/mol. The molecule has 0 unspecified atom stereocenters. The first-order valence-corrected chi connectivity index (χ1v) is 12.0. The molecule has 1 amide bonds. The summed E-state index contributed by atoms with van der Waals surface area (Å²) in [6.07, 6.45) is 3.92. The van der Waals surface area contributed by atoms with Crippen LogP contribution in [-0.2, 0) is 15.8 Å². The van der Waals surface area contributed by atoms with Gasteiger partial charge >= 0.3 is 0 Å². The highest BCUT2D eigenvalue weighted by Crippen LogP contribution is 2.45. The average molecular weight is 454 g/mol. The maximum Gasteiger partial charge on any atom is 0.291 e. The molecule has 1 aromatic carbocycles. The van der Waals surface area contributed by atoms with Crippen molar-refractivity contribution in [2.24, 2.45) is 10.9 Å². The van der Waals surface area contributed by atoms with Gasteiger partial charge in [0.15, 0.2) is 15.6 Å². The number of ether oxygens (including phenoxy) is 1. The zero-order valence-electron chi connectivity index (χ0n) is 16.7. The Hall–Kier alpha value is -2.39. The molecule has 1 fully saturated rings. The van der Waals surface area contributed by atoms with Crippen LogP contribution in [0.4, 0.5) is 8.78 Å². The maximum atomic E-state index is 14.1. The largest absolute Gasteiger partial charge is 0.455 e. The number of alkyl halides is 2. The highest BCUT2D eigenvalue weighted by atomic mass is 32.2. The number of thiophene rings is 1. The molecule has 9 heteroatoms. The molecule has 3 rings (SSSR count). The minimum Gasteiger partial charge on any atom is -0.455 e. The number of carbonyl (C=O) groups is 1. The number of carbonyl (C=O) groups excluding carboxylic acids is 1. The summed E-state index contributed by atoms with van der Waals surface area (Å²) < 4.78 is 56.8. The van der Waals surface area contributed by atoms with Crippen molar-refractivity contribution in [2.45, 2.75) is 32.6 Å². The Kier molecular flexibility index (Phi) is 6.24. The zero-order chi connectivity index (χ0) is 22.1. The topological polar surface area (TPSA) is 72.8 Å². The van der Waals surface area contributed by atoms with Crippen LogP contribution in [0.25, 0.3) is 0 Å². The molecular formula is C21H21F2NO4S2. The van der Waals surface area contributed by atoms with E-state index in [9.17, 15) is 22.0 Å². The lowest BCUT2D eigenvalue weighted by molar-refractivity contribution is 0.0208. The predicted octanol–water partition coefficient (Wildman–Crippen LogP) is 5.51. The van der Waals surface area contributed by atoms with E-state index in [1.54, 1.807) is 30.3 Å². The van der Waals surface area contributed by atoms with E-state index in [-0.39, 0.29) is 27.0 Å². The van der Waals surface area contributed by atoms with Gasteiger partial charge in [0, 0.05) is 35.8 Å². The van der Waals surface area contributed by atoms with Crippen molar-refractivity contribution in [1.82, 2.24) is 0 Å². The Labute approximate surface area is 178 Å². The quantitative estimate of drug-likeness (QED) is 0.518. The summed E-state index contributed by atoms with van der Waals surface area (Å²) in [4.78, 5) is 16.7. The standard InChI is InChI=1S/C21H21F2NO4S2/c1-13-17(28-15-7-5-4-6-8-15)18(29-19(13)21(2,22)23)20(25)24-16(14-9-10-14)11-12-30(3,26)27/h4-8,11-12,14H,9-10H2,1-3H3/b12-11+,24-16?. The normalized spacial score (nSPS) is 15.6. The van der Waals surface area contributed by atoms with Gasteiger partial charge < -0.3 is 4.74 Å². The van der Waals surface area contributed by atoms with Crippen LogP contribution in [0.2, 0.25) is 0 Å². The van der Waals surface area contributed by atoms with Gasteiger partial charge in [-0.15, -0.1) is 11.3 Å². The first-order valence-electron chi connectivity index (χ1n) is 9.21. The van der Waals surface area contributed by atoms with Crippen LogP contribution < -0.4 is 4.74 Å². The number of allylic oxidation sites excluding steroid dienone is 1. The van der Waals surface area contributed by atoms with E-state index >= 15 is 0 Å². The second kappa shape index (κ2) is 8.39. The minimum absolute atomic E-state index is 0.0152. The van der Waals surface area contributed by atoms with Crippen molar-refractivity contribution in [1.29, 1.82) is 0 Å². The molecule has 0 bridgehead atoms. The number of sulfone groups is 1. The summed E-state index contributed by atoms with van der Waals surface area (Å²) in [5.41, 5.74) is 0.501. The molecule has 160 valence electrons. The summed E-state index contributed by atoms with van der Waals surface area (Å²) in [5.74, 6) is -3.45. The van der Waals surface area contributed by atoms with E-state index in [1.165, 1.54) is 13.0 Å². The Bertz CT molecular complexity index is 1110. The zero-order valence-corrected chi connectivity index (χ0v) is 18.3. The van der Waals surface area contributed by atoms with Crippen molar-refractivity contribution in [3.63, 3.8) is 0 Å². The third-order valence-electron chi connectivity index (χ3n) is 4.36.